The Hall–Kier alpha value is -2.50. The first-order valence-electron chi connectivity index (χ1n) is 6.84. The quantitative estimate of drug-likeness (QED) is 0.937. The van der Waals surface area contributed by atoms with E-state index in [9.17, 15) is 4.79 Å². The molecule has 2 heterocycles. The fourth-order valence-corrected chi connectivity index (χ4v) is 2.28. The predicted octanol–water partition coefficient (Wildman–Crippen LogP) is 2.37. The molecule has 0 bridgehead atoms. The topological polar surface area (TPSA) is 65.4 Å². The van der Waals surface area contributed by atoms with Crippen LogP contribution >= 0.6 is 0 Å². The van der Waals surface area contributed by atoms with Crippen LogP contribution in [0.5, 0.6) is 11.5 Å². The van der Waals surface area contributed by atoms with E-state index >= 15 is 0 Å². The van der Waals surface area contributed by atoms with Gasteiger partial charge in [-0.15, -0.1) is 0 Å². The number of imidazole rings is 1. The van der Waals surface area contributed by atoms with E-state index in [2.05, 4.69) is 24.1 Å². The molecule has 1 aromatic carbocycles. The summed E-state index contributed by atoms with van der Waals surface area (Å²) in [7, 11) is 0. The minimum absolute atomic E-state index is 0.103. The summed E-state index contributed by atoms with van der Waals surface area (Å²) in [5.74, 6) is 2.42. The van der Waals surface area contributed by atoms with Gasteiger partial charge < -0.3 is 19.4 Å². The number of carbonyl (C=O) groups is 1. The molecule has 0 aliphatic carbocycles. The highest BCUT2D eigenvalue weighted by atomic mass is 16.7. The Bertz CT molecular complexity index is 664. The molecule has 1 N–H and O–H groups in total. The third-order valence-electron chi connectivity index (χ3n) is 3.23. The van der Waals surface area contributed by atoms with E-state index in [0.717, 1.165) is 5.82 Å². The summed E-state index contributed by atoms with van der Waals surface area (Å²) < 4.78 is 12.4. The number of amides is 1. The van der Waals surface area contributed by atoms with Crippen molar-refractivity contribution in [1.82, 2.24) is 9.55 Å². The van der Waals surface area contributed by atoms with Crippen LogP contribution in [0.15, 0.2) is 30.6 Å². The zero-order valence-electron chi connectivity index (χ0n) is 12.0. The monoisotopic (exact) mass is 287 g/mol. The van der Waals surface area contributed by atoms with E-state index in [0.29, 0.717) is 17.2 Å². The molecule has 3 rings (SSSR count). The number of fused-ring (bicyclic) bond motifs is 1. The molecule has 0 unspecified atom stereocenters. The maximum atomic E-state index is 12.1. The lowest BCUT2D eigenvalue weighted by atomic mass is 10.2. The van der Waals surface area contributed by atoms with Gasteiger partial charge in [-0.25, -0.2) is 4.98 Å². The lowest BCUT2D eigenvalue weighted by Crippen LogP contribution is -2.20. The van der Waals surface area contributed by atoms with Crippen LogP contribution in [0.2, 0.25) is 0 Å². The first kappa shape index (κ1) is 13.5. The van der Waals surface area contributed by atoms with Crippen molar-refractivity contribution in [3.05, 3.63) is 36.4 Å². The van der Waals surface area contributed by atoms with Gasteiger partial charge in [0.15, 0.2) is 11.5 Å². The van der Waals surface area contributed by atoms with Crippen molar-refractivity contribution in [2.75, 3.05) is 12.1 Å². The van der Waals surface area contributed by atoms with Crippen molar-refractivity contribution in [1.29, 1.82) is 0 Å². The van der Waals surface area contributed by atoms with Gasteiger partial charge in [-0.1, -0.05) is 13.8 Å². The highest BCUT2D eigenvalue weighted by Gasteiger charge is 2.15. The minimum Gasteiger partial charge on any atom is -0.454 e. The largest absolute Gasteiger partial charge is 0.454 e. The summed E-state index contributed by atoms with van der Waals surface area (Å²) in [4.78, 5) is 16.4. The van der Waals surface area contributed by atoms with E-state index in [1.807, 2.05) is 10.8 Å². The summed E-state index contributed by atoms with van der Waals surface area (Å²) in [6.07, 6.45) is 3.53. The molecule has 2 aromatic rings. The van der Waals surface area contributed by atoms with Crippen LogP contribution in [-0.4, -0.2) is 22.3 Å². The summed E-state index contributed by atoms with van der Waals surface area (Å²) in [5.41, 5.74) is 0.690. The average Bonchev–Trinajstić information content (AvgIpc) is 3.06. The van der Waals surface area contributed by atoms with E-state index < -0.39 is 0 Å². The number of aromatic nitrogens is 2. The van der Waals surface area contributed by atoms with Crippen molar-refractivity contribution in [3.63, 3.8) is 0 Å². The Morgan fingerprint density at radius 2 is 2.19 bits per heavy atom. The molecule has 0 saturated heterocycles. The average molecular weight is 287 g/mol. The third-order valence-corrected chi connectivity index (χ3v) is 3.23. The summed E-state index contributed by atoms with van der Waals surface area (Å²) >= 11 is 0. The number of carbonyl (C=O) groups excluding carboxylic acids is 1. The molecule has 1 aromatic heterocycles. The molecular weight excluding hydrogens is 270 g/mol. The summed E-state index contributed by atoms with van der Waals surface area (Å²) in [6.45, 7) is 4.56. The number of ether oxygens (including phenoxy) is 2. The molecule has 21 heavy (non-hydrogen) atoms. The second-order valence-electron chi connectivity index (χ2n) is 5.18. The highest BCUT2D eigenvalue weighted by Crippen LogP contribution is 2.34. The molecule has 6 heteroatoms. The number of anilines is 1. The molecule has 0 fully saturated rings. The van der Waals surface area contributed by atoms with Gasteiger partial charge in [-0.05, 0) is 12.1 Å². The van der Waals surface area contributed by atoms with Crippen LogP contribution in [0.4, 0.5) is 5.69 Å². The lowest BCUT2D eigenvalue weighted by molar-refractivity contribution is -0.116. The van der Waals surface area contributed by atoms with E-state index in [-0.39, 0.29) is 25.2 Å². The first-order valence-corrected chi connectivity index (χ1v) is 6.84. The number of nitrogens with zero attached hydrogens (tertiary/aromatic N) is 2. The number of hydrogen-bond donors (Lipinski definition) is 1. The van der Waals surface area contributed by atoms with Crippen LogP contribution in [0, 0.1) is 0 Å². The second-order valence-corrected chi connectivity index (χ2v) is 5.18. The Morgan fingerprint density at radius 1 is 1.38 bits per heavy atom. The van der Waals surface area contributed by atoms with Gasteiger partial charge in [0.1, 0.15) is 12.4 Å². The van der Waals surface area contributed by atoms with Crippen molar-refractivity contribution in [3.8, 4) is 11.5 Å². The molecule has 0 spiro atoms. The van der Waals surface area contributed by atoms with Gasteiger partial charge >= 0.3 is 0 Å². The van der Waals surface area contributed by atoms with E-state index in [4.69, 9.17) is 9.47 Å². The van der Waals surface area contributed by atoms with Crippen LogP contribution in [0.3, 0.4) is 0 Å². The van der Waals surface area contributed by atoms with Crippen LogP contribution in [-0.2, 0) is 11.3 Å². The van der Waals surface area contributed by atoms with E-state index in [1.54, 1.807) is 24.4 Å². The Kier molecular flexibility index (Phi) is 3.51. The highest BCUT2D eigenvalue weighted by molar-refractivity contribution is 5.91. The van der Waals surface area contributed by atoms with Gasteiger partial charge in [0.2, 0.25) is 12.7 Å². The van der Waals surface area contributed by atoms with Gasteiger partial charge in [-0.3, -0.25) is 4.79 Å². The molecule has 0 atom stereocenters. The molecule has 0 radical (unpaired) electrons. The maximum Gasteiger partial charge on any atom is 0.244 e. The molecular formula is C15H17N3O3. The first-order chi connectivity index (χ1) is 10.1. The lowest BCUT2D eigenvalue weighted by Gasteiger charge is -2.11. The van der Waals surface area contributed by atoms with Crippen LogP contribution < -0.4 is 14.8 Å². The second kappa shape index (κ2) is 5.47. The number of nitrogens with one attached hydrogen (secondary N) is 1. The fraction of sp³-hybridized carbons (Fsp3) is 0.333. The molecule has 110 valence electrons. The van der Waals surface area contributed by atoms with E-state index in [1.165, 1.54) is 0 Å². The molecule has 1 aliphatic heterocycles. The fourth-order valence-electron chi connectivity index (χ4n) is 2.28. The molecule has 0 saturated carbocycles. The molecule has 6 nitrogen and oxygen atoms in total. The summed E-state index contributed by atoms with van der Waals surface area (Å²) in [6, 6.07) is 5.34. The normalized spacial score (nSPS) is 12.7. The standard InChI is InChI=1S/C15H17N3O3/c1-10(2)15-16-5-6-18(15)8-14(19)17-11-3-4-12-13(7-11)21-9-20-12/h3-7,10H,8-9H2,1-2H3,(H,17,19). The van der Waals surface area contributed by atoms with Crippen molar-refractivity contribution in [2.24, 2.45) is 0 Å². The Balaban J connectivity index is 1.68. The van der Waals surface area contributed by atoms with Crippen LogP contribution in [0.1, 0.15) is 25.6 Å². The van der Waals surface area contributed by atoms with Gasteiger partial charge in [0, 0.05) is 30.1 Å². The summed E-state index contributed by atoms with van der Waals surface area (Å²) in [5, 5.41) is 2.85. The van der Waals surface area contributed by atoms with Gasteiger partial charge in [0.05, 0.1) is 0 Å². The number of rotatable bonds is 4. The number of hydrogen-bond acceptors (Lipinski definition) is 4. The Morgan fingerprint density at radius 3 is 3.00 bits per heavy atom. The zero-order chi connectivity index (χ0) is 14.8. The molecule has 1 aliphatic rings. The molecule has 1 amide bonds. The zero-order valence-corrected chi connectivity index (χ0v) is 12.0. The predicted molar refractivity (Wildman–Crippen MR) is 77.5 cm³/mol. The van der Waals surface area contributed by atoms with Gasteiger partial charge in [-0.2, -0.15) is 0 Å². The van der Waals surface area contributed by atoms with Crippen molar-refractivity contribution in [2.45, 2.75) is 26.3 Å². The van der Waals surface area contributed by atoms with Crippen LogP contribution in [0.25, 0.3) is 0 Å². The Labute approximate surface area is 122 Å². The minimum atomic E-state index is -0.103. The maximum absolute atomic E-state index is 12.1. The smallest absolute Gasteiger partial charge is 0.244 e. The number of benzene rings is 1. The van der Waals surface area contributed by atoms with Gasteiger partial charge in [0.25, 0.3) is 0 Å². The van der Waals surface area contributed by atoms with Crippen molar-refractivity contribution < 1.29 is 14.3 Å². The SMILES string of the molecule is CC(C)c1nccn1CC(=O)Nc1ccc2c(c1)OCO2. The van der Waals surface area contributed by atoms with Crippen molar-refractivity contribution >= 4 is 11.6 Å². The third kappa shape index (κ3) is 2.84.